The minimum atomic E-state index is -0.215. The summed E-state index contributed by atoms with van der Waals surface area (Å²) in [4.78, 5) is 17.3. The molecule has 3 aromatic rings. The van der Waals surface area contributed by atoms with Crippen molar-refractivity contribution in [3.8, 4) is 0 Å². The summed E-state index contributed by atoms with van der Waals surface area (Å²) in [7, 11) is 0. The number of nitrogens with one attached hydrogen (secondary N) is 1. The first kappa shape index (κ1) is 18.6. The first-order valence-corrected chi connectivity index (χ1v) is 9.52. The Balaban J connectivity index is 1.63. The number of benzene rings is 2. The predicted molar refractivity (Wildman–Crippen MR) is 110 cm³/mol. The van der Waals surface area contributed by atoms with Gasteiger partial charge >= 0.3 is 0 Å². The molecule has 3 rings (SSSR count). The van der Waals surface area contributed by atoms with Crippen molar-refractivity contribution in [1.29, 1.82) is 0 Å². The van der Waals surface area contributed by atoms with Crippen molar-refractivity contribution in [1.82, 2.24) is 4.98 Å². The van der Waals surface area contributed by atoms with Gasteiger partial charge in [0, 0.05) is 23.6 Å². The molecular weight excluding hydrogens is 387 g/mol. The summed E-state index contributed by atoms with van der Waals surface area (Å²) >= 11 is 13.7. The number of hydrogen-bond acceptors (Lipinski definition) is 3. The molecule has 3 nitrogen and oxygen atoms in total. The van der Waals surface area contributed by atoms with Crippen LogP contribution in [0.5, 0.6) is 0 Å². The molecular formula is C20H16Cl2N2OS. The van der Waals surface area contributed by atoms with Gasteiger partial charge in [-0.1, -0.05) is 65.2 Å². The van der Waals surface area contributed by atoms with Crippen LogP contribution in [0.15, 0.2) is 54.7 Å². The Bertz CT molecular complexity index is 966. The second-order valence-corrected chi connectivity index (χ2v) is 7.66. The van der Waals surface area contributed by atoms with E-state index in [4.69, 9.17) is 23.2 Å². The number of hydrogen-bond donors (Lipinski definition) is 1. The van der Waals surface area contributed by atoms with E-state index in [1.165, 1.54) is 17.4 Å². The van der Waals surface area contributed by atoms with E-state index in [1.807, 2.05) is 43.3 Å². The van der Waals surface area contributed by atoms with Crippen molar-refractivity contribution in [2.45, 2.75) is 13.3 Å². The zero-order valence-corrected chi connectivity index (χ0v) is 16.3. The molecule has 0 aliphatic carbocycles. The maximum absolute atomic E-state index is 12.1. The van der Waals surface area contributed by atoms with Gasteiger partial charge in [-0.3, -0.25) is 10.1 Å². The lowest BCUT2D eigenvalue weighted by molar-refractivity contribution is -0.111. The molecule has 0 saturated carbocycles. The third kappa shape index (κ3) is 4.94. The SMILES string of the molecule is Cc1cccc(/C=C\C(=O)Nc2ncc(Cc3cccc(Cl)c3Cl)s2)c1. The number of carbonyl (C=O) groups is 1. The summed E-state index contributed by atoms with van der Waals surface area (Å²) in [5, 5.41) is 4.42. The van der Waals surface area contributed by atoms with E-state index < -0.39 is 0 Å². The van der Waals surface area contributed by atoms with E-state index in [0.717, 1.165) is 21.6 Å². The van der Waals surface area contributed by atoms with Gasteiger partial charge in [-0.2, -0.15) is 0 Å². The molecule has 1 aromatic heterocycles. The molecule has 2 aromatic carbocycles. The van der Waals surface area contributed by atoms with Crippen LogP contribution in [0.4, 0.5) is 5.13 Å². The van der Waals surface area contributed by atoms with Crippen LogP contribution in [-0.4, -0.2) is 10.9 Å². The van der Waals surface area contributed by atoms with E-state index >= 15 is 0 Å². The second kappa shape index (κ2) is 8.49. The first-order chi connectivity index (χ1) is 12.5. The minimum Gasteiger partial charge on any atom is -0.298 e. The van der Waals surface area contributed by atoms with Gasteiger partial charge in [-0.25, -0.2) is 4.98 Å². The fourth-order valence-electron chi connectivity index (χ4n) is 2.41. The van der Waals surface area contributed by atoms with Crippen molar-refractivity contribution in [3.05, 3.63) is 86.4 Å². The number of amides is 1. The number of nitrogens with zero attached hydrogens (tertiary/aromatic N) is 1. The number of halogens is 2. The van der Waals surface area contributed by atoms with E-state index in [9.17, 15) is 4.79 Å². The quantitative estimate of drug-likeness (QED) is 0.531. The fraction of sp³-hybridized carbons (Fsp3) is 0.100. The molecule has 0 unspecified atom stereocenters. The van der Waals surface area contributed by atoms with Gasteiger partial charge in [0.1, 0.15) is 0 Å². The third-order valence-corrected chi connectivity index (χ3v) is 5.42. The van der Waals surface area contributed by atoms with Crippen molar-refractivity contribution in [2.75, 3.05) is 5.32 Å². The Labute approximate surface area is 166 Å². The van der Waals surface area contributed by atoms with Crippen molar-refractivity contribution in [2.24, 2.45) is 0 Å². The highest BCUT2D eigenvalue weighted by molar-refractivity contribution is 7.15. The molecule has 132 valence electrons. The highest BCUT2D eigenvalue weighted by Gasteiger charge is 2.09. The van der Waals surface area contributed by atoms with Crippen LogP contribution in [0.1, 0.15) is 21.6 Å². The van der Waals surface area contributed by atoms with Gasteiger partial charge in [0.05, 0.1) is 10.0 Å². The van der Waals surface area contributed by atoms with Crippen molar-refractivity contribution in [3.63, 3.8) is 0 Å². The lowest BCUT2D eigenvalue weighted by Crippen LogP contribution is -2.07. The Morgan fingerprint density at radius 3 is 2.85 bits per heavy atom. The summed E-state index contributed by atoms with van der Waals surface area (Å²) in [5.41, 5.74) is 3.06. The molecule has 26 heavy (non-hydrogen) atoms. The molecule has 0 aliphatic heterocycles. The molecule has 1 amide bonds. The monoisotopic (exact) mass is 402 g/mol. The Morgan fingerprint density at radius 2 is 2.04 bits per heavy atom. The maximum Gasteiger partial charge on any atom is 0.250 e. The summed E-state index contributed by atoms with van der Waals surface area (Å²) in [5.74, 6) is -0.215. The van der Waals surface area contributed by atoms with E-state index in [-0.39, 0.29) is 5.91 Å². The third-order valence-electron chi connectivity index (χ3n) is 3.65. The number of anilines is 1. The minimum absolute atomic E-state index is 0.215. The van der Waals surface area contributed by atoms with Gasteiger partial charge < -0.3 is 0 Å². The molecule has 0 bridgehead atoms. The number of rotatable bonds is 5. The average molecular weight is 403 g/mol. The zero-order valence-electron chi connectivity index (χ0n) is 14.0. The topological polar surface area (TPSA) is 42.0 Å². The van der Waals surface area contributed by atoms with Crippen LogP contribution in [0.3, 0.4) is 0 Å². The molecule has 1 heterocycles. The van der Waals surface area contributed by atoms with Crippen LogP contribution < -0.4 is 5.32 Å². The van der Waals surface area contributed by atoms with E-state index in [1.54, 1.807) is 18.3 Å². The molecule has 0 saturated heterocycles. The van der Waals surface area contributed by atoms with Crippen LogP contribution in [0.2, 0.25) is 10.0 Å². The van der Waals surface area contributed by atoms with Gasteiger partial charge in [0.2, 0.25) is 5.91 Å². The van der Waals surface area contributed by atoms with Gasteiger partial charge in [-0.05, 0) is 30.2 Å². The summed E-state index contributed by atoms with van der Waals surface area (Å²) in [6.07, 6.45) is 5.64. The Hall–Kier alpha value is -2.14. The molecule has 6 heteroatoms. The van der Waals surface area contributed by atoms with Crippen LogP contribution in [0, 0.1) is 6.92 Å². The summed E-state index contributed by atoms with van der Waals surface area (Å²) < 4.78 is 0. The lowest BCUT2D eigenvalue weighted by atomic mass is 10.1. The van der Waals surface area contributed by atoms with Crippen LogP contribution in [0.25, 0.3) is 6.08 Å². The van der Waals surface area contributed by atoms with E-state index in [2.05, 4.69) is 10.3 Å². The van der Waals surface area contributed by atoms with Crippen molar-refractivity contribution >= 4 is 51.7 Å². The van der Waals surface area contributed by atoms with Gasteiger partial charge in [0.25, 0.3) is 0 Å². The number of aryl methyl sites for hydroxylation is 1. The molecule has 0 fully saturated rings. The number of aromatic nitrogens is 1. The van der Waals surface area contributed by atoms with Crippen LogP contribution >= 0.6 is 34.5 Å². The average Bonchev–Trinajstić information content (AvgIpc) is 3.04. The molecule has 1 N–H and O–H groups in total. The smallest absolute Gasteiger partial charge is 0.250 e. The lowest BCUT2D eigenvalue weighted by Gasteiger charge is -2.03. The van der Waals surface area contributed by atoms with Gasteiger partial charge in [0.15, 0.2) is 5.13 Å². The van der Waals surface area contributed by atoms with Crippen molar-refractivity contribution < 1.29 is 4.79 Å². The Kier molecular flexibility index (Phi) is 6.09. The van der Waals surface area contributed by atoms with E-state index in [0.29, 0.717) is 21.6 Å². The predicted octanol–water partition coefficient (Wildman–Crippen LogP) is 6.00. The highest BCUT2D eigenvalue weighted by atomic mass is 35.5. The zero-order chi connectivity index (χ0) is 18.5. The second-order valence-electron chi connectivity index (χ2n) is 5.76. The van der Waals surface area contributed by atoms with Crippen LogP contribution in [-0.2, 0) is 11.2 Å². The highest BCUT2D eigenvalue weighted by Crippen LogP contribution is 2.29. The van der Waals surface area contributed by atoms with Gasteiger partial charge in [-0.15, -0.1) is 11.3 Å². The molecule has 0 spiro atoms. The normalized spacial score (nSPS) is 11.0. The Morgan fingerprint density at radius 1 is 1.23 bits per heavy atom. The molecule has 0 aliphatic rings. The standard InChI is InChI=1S/C20H16Cl2N2OS/c1-13-4-2-5-14(10-13)8-9-18(25)24-20-23-12-16(26-20)11-15-6-3-7-17(21)19(15)22/h2-10,12H,11H2,1H3,(H,23,24,25)/b9-8-. The largest absolute Gasteiger partial charge is 0.298 e. The number of thiazole rings is 1. The number of carbonyl (C=O) groups excluding carboxylic acids is 1. The molecule has 0 radical (unpaired) electrons. The fourth-order valence-corrected chi connectivity index (χ4v) is 3.64. The molecule has 0 atom stereocenters. The summed E-state index contributed by atoms with van der Waals surface area (Å²) in [6, 6.07) is 13.5. The first-order valence-electron chi connectivity index (χ1n) is 7.94. The maximum atomic E-state index is 12.1. The summed E-state index contributed by atoms with van der Waals surface area (Å²) in [6.45, 7) is 2.01.